The highest BCUT2D eigenvalue weighted by Crippen LogP contribution is 2.27. The molecule has 1 heterocycles. The highest BCUT2D eigenvalue weighted by Gasteiger charge is 2.11. The predicted molar refractivity (Wildman–Crippen MR) is 125 cm³/mol. The van der Waals surface area contributed by atoms with E-state index < -0.39 is 0 Å². The van der Waals surface area contributed by atoms with Crippen LogP contribution in [0, 0.1) is 18.8 Å². The first kappa shape index (κ1) is 20.2. The highest BCUT2D eigenvalue weighted by atomic mass is 16.3. The molecular formula is C25H22N4O2. The van der Waals surface area contributed by atoms with Crippen LogP contribution in [-0.4, -0.2) is 15.5 Å². The molecule has 0 spiro atoms. The van der Waals surface area contributed by atoms with E-state index >= 15 is 0 Å². The van der Waals surface area contributed by atoms with Gasteiger partial charge in [0.2, 0.25) is 5.91 Å². The lowest BCUT2D eigenvalue weighted by molar-refractivity contribution is -0.111. The third-order valence-corrected chi connectivity index (χ3v) is 5.22. The Morgan fingerprint density at radius 3 is 2.52 bits per heavy atom. The van der Waals surface area contributed by atoms with E-state index in [9.17, 15) is 9.70 Å². The maximum Gasteiger partial charge on any atom is 0.248 e. The fraction of sp³-hybridized carbons (Fsp3) is 0.120. The number of carbonyl (C=O) groups excluding carboxylic acids is 1. The van der Waals surface area contributed by atoms with Crippen molar-refractivity contribution in [1.82, 2.24) is 9.55 Å². The van der Waals surface area contributed by atoms with E-state index in [1.54, 1.807) is 18.2 Å². The molecule has 3 aromatic carbocycles. The summed E-state index contributed by atoms with van der Waals surface area (Å²) < 4.78 is 1.92. The Bertz CT molecular complexity index is 1320. The Kier molecular flexibility index (Phi) is 5.45. The number of benzene rings is 3. The van der Waals surface area contributed by atoms with Crippen LogP contribution in [0.1, 0.15) is 16.7 Å². The minimum Gasteiger partial charge on any atom is -0.327 e. The Morgan fingerprint density at radius 2 is 1.81 bits per heavy atom. The van der Waals surface area contributed by atoms with Crippen molar-refractivity contribution in [3.8, 4) is 11.4 Å². The predicted octanol–water partition coefficient (Wildman–Crippen LogP) is 5.91. The zero-order valence-electron chi connectivity index (χ0n) is 17.6. The molecule has 31 heavy (non-hydrogen) atoms. The lowest BCUT2D eigenvalue weighted by Crippen LogP contribution is -2.07. The number of hydrogen-bond acceptors (Lipinski definition) is 4. The van der Waals surface area contributed by atoms with E-state index in [-0.39, 0.29) is 5.91 Å². The number of imidazole rings is 1. The lowest BCUT2D eigenvalue weighted by Gasteiger charge is -2.06. The fourth-order valence-corrected chi connectivity index (χ4v) is 3.56. The third-order valence-electron chi connectivity index (χ3n) is 5.22. The Labute approximate surface area is 180 Å². The number of rotatable bonds is 5. The van der Waals surface area contributed by atoms with Gasteiger partial charge in [-0.3, -0.25) is 4.79 Å². The molecule has 0 saturated carbocycles. The maximum atomic E-state index is 12.3. The van der Waals surface area contributed by atoms with Crippen LogP contribution in [0.4, 0.5) is 11.4 Å². The van der Waals surface area contributed by atoms with Crippen molar-refractivity contribution >= 4 is 34.4 Å². The average molecular weight is 410 g/mol. The minimum atomic E-state index is -0.190. The summed E-state index contributed by atoms with van der Waals surface area (Å²) >= 11 is 0. The molecule has 0 aliphatic rings. The van der Waals surface area contributed by atoms with Crippen LogP contribution in [0.3, 0.4) is 0 Å². The van der Waals surface area contributed by atoms with E-state index in [1.807, 2.05) is 67.9 Å². The zero-order valence-corrected chi connectivity index (χ0v) is 17.6. The van der Waals surface area contributed by atoms with E-state index in [0.717, 1.165) is 33.5 Å². The molecule has 0 aliphatic heterocycles. The van der Waals surface area contributed by atoms with Gasteiger partial charge < -0.3 is 9.88 Å². The van der Waals surface area contributed by atoms with Crippen LogP contribution in [0.15, 0.2) is 71.9 Å². The van der Waals surface area contributed by atoms with E-state index in [1.165, 1.54) is 11.6 Å². The summed E-state index contributed by atoms with van der Waals surface area (Å²) in [7, 11) is 1.90. The third kappa shape index (κ3) is 4.28. The number of anilines is 1. The smallest absolute Gasteiger partial charge is 0.248 e. The minimum absolute atomic E-state index is 0.190. The van der Waals surface area contributed by atoms with E-state index in [4.69, 9.17) is 0 Å². The van der Waals surface area contributed by atoms with Gasteiger partial charge in [-0.15, -0.1) is 4.91 Å². The first-order chi connectivity index (χ1) is 14.9. The maximum absolute atomic E-state index is 12.3. The number of hydrogen-bond donors (Lipinski definition) is 1. The number of nitrogens with one attached hydrogen (secondary N) is 1. The van der Waals surface area contributed by atoms with Gasteiger partial charge in [-0.1, -0.05) is 23.8 Å². The molecule has 4 rings (SSSR count). The monoisotopic (exact) mass is 410 g/mol. The van der Waals surface area contributed by atoms with Gasteiger partial charge in [-0.25, -0.2) is 4.98 Å². The van der Waals surface area contributed by atoms with Crippen molar-refractivity contribution in [3.05, 3.63) is 88.3 Å². The van der Waals surface area contributed by atoms with Crippen molar-refractivity contribution in [2.24, 2.45) is 12.2 Å². The number of carbonyl (C=O) groups is 1. The van der Waals surface area contributed by atoms with Crippen molar-refractivity contribution in [1.29, 1.82) is 0 Å². The summed E-state index contributed by atoms with van der Waals surface area (Å²) in [5.41, 5.74) is 6.95. The molecule has 1 N–H and O–H groups in total. The SMILES string of the molecule is Cc1ccc(/C=C/C(=O)Nc2ccc(-c3nc4ccc(N=O)cc4n3C)cc2)c(C)c1. The van der Waals surface area contributed by atoms with Gasteiger partial charge in [0.15, 0.2) is 0 Å². The number of nitrogens with zero attached hydrogens (tertiary/aromatic N) is 3. The zero-order chi connectivity index (χ0) is 22.0. The molecule has 0 fully saturated rings. The number of aromatic nitrogens is 2. The van der Waals surface area contributed by atoms with Crippen molar-refractivity contribution in [2.75, 3.05) is 5.32 Å². The van der Waals surface area contributed by atoms with Crippen LogP contribution in [0.2, 0.25) is 0 Å². The molecule has 0 atom stereocenters. The van der Waals surface area contributed by atoms with Crippen molar-refractivity contribution < 1.29 is 4.79 Å². The second kappa shape index (κ2) is 8.36. The van der Waals surface area contributed by atoms with Crippen LogP contribution in [-0.2, 0) is 11.8 Å². The second-order valence-corrected chi connectivity index (χ2v) is 7.52. The highest BCUT2D eigenvalue weighted by molar-refractivity contribution is 6.02. The average Bonchev–Trinajstić information content (AvgIpc) is 3.09. The summed E-state index contributed by atoms with van der Waals surface area (Å²) in [6, 6.07) is 18.8. The first-order valence-electron chi connectivity index (χ1n) is 9.91. The first-order valence-corrected chi connectivity index (χ1v) is 9.91. The Morgan fingerprint density at radius 1 is 1.03 bits per heavy atom. The van der Waals surface area contributed by atoms with Crippen molar-refractivity contribution in [2.45, 2.75) is 13.8 Å². The molecule has 0 unspecified atom stereocenters. The fourth-order valence-electron chi connectivity index (χ4n) is 3.56. The Balaban J connectivity index is 1.50. The Hall–Kier alpha value is -4.06. The summed E-state index contributed by atoms with van der Waals surface area (Å²) in [5.74, 6) is 0.579. The number of aryl methyl sites for hydroxylation is 3. The molecule has 0 saturated heterocycles. The topological polar surface area (TPSA) is 76.3 Å². The molecule has 0 bridgehead atoms. The van der Waals surface area contributed by atoms with Gasteiger partial charge in [0.1, 0.15) is 11.5 Å². The van der Waals surface area contributed by atoms with Gasteiger partial charge in [-0.2, -0.15) is 0 Å². The number of amides is 1. The van der Waals surface area contributed by atoms with E-state index in [0.29, 0.717) is 11.4 Å². The number of nitroso groups, excluding NO2 is 1. The summed E-state index contributed by atoms with van der Waals surface area (Å²) in [4.78, 5) is 27.8. The van der Waals surface area contributed by atoms with Gasteiger partial charge in [0, 0.05) is 24.4 Å². The van der Waals surface area contributed by atoms with Crippen LogP contribution >= 0.6 is 0 Å². The van der Waals surface area contributed by atoms with Gasteiger partial charge in [0.25, 0.3) is 0 Å². The van der Waals surface area contributed by atoms with Gasteiger partial charge >= 0.3 is 0 Å². The summed E-state index contributed by atoms with van der Waals surface area (Å²) in [6.07, 6.45) is 3.36. The lowest BCUT2D eigenvalue weighted by atomic mass is 10.1. The van der Waals surface area contributed by atoms with Crippen LogP contribution in [0.5, 0.6) is 0 Å². The molecule has 154 valence electrons. The molecule has 1 amide bonds. The van der Waals surface area contributed by atoms with Gasteiger partial charge in [-0.05, 0) is 78.7 Å². The molecular weight excluding hydrogens is 388 g/mol. The molecule has 4 aromatic rings. The van der Waals surface area contributed by atoms with Gasteiger partial charge in [0.05, 0.1) is 11.0 Å². The molecule has 1 aromatic heterocycles. The molecule has 6 heteroatoms. The molecule has 6 nitrogen and oxygen atoms in total. The number of fused-ring (bicyclic) bond motifs is 1. The normalized spacial score (nSPS) is 11.2. The molecule has 0 radical (unpaired) electrons. The van der Waals surface area contributed by atoms with Crippen LogP contribution in [0.25, 0.3) is 28.5 Å². The largest absolute Gasteiger partial charge is 0.327 e. The second-order valence-electron chi connectivity index (χ2n) is 7.52. The summed E-state index contributed by atoms with van der Waals surface area (Å²) in [6.45, 7) is 4.07. The standard InChI is InChI=1S/C25H22N4O2/c1-16-4-5-18(17(2)14-16)8-13-24(30)26-20-9-6-19(7-10-20)25-27-22-12-11-21(28-31)15-23(22)29(25)3/h4-15H,1-3H3,(H,26,30)/b13-8+. The molecule has 0 aliphatic carbocycles. The van der Waals surface area contributed by atoms with Crippen molar-refractivity contribution in [3.63, 3.8) is 0 Å². The van der Waals surface area contributed by atoms with E-state index in [2.05, 4.69) is 21.5 Å². The summed E-state index contributed by atoms with van der Waals surface area (Å²) in [5, 5.41) is 5.87. The van der Waals surface area contributed by atoms with Crippen LogP contribution < -0.4 is 5.32 Å². The quantitative estimate of drug-likeness (QED) is 0.328.